The maximum absolute atomic E-state index is 12.8. The van der Waals surface area contributed by atoms with Crippen molar-refractivity contribution in [3.05, 3.63) is 58.6 Å². The van der Waals surface area contributed by atoms with Crippen LogP contribution in [0.15, 0.2) is 42.5 Å². The van der Waals surface area contributed by atoms with E-state index in [1.807, 2.05) is 25.1 Å². The number of ether oxygens (including phenoxy) is 2. The number of nitrogens with one attached hydrogen (secondary N) is 1. The highest BCUT2D eigenvalue weighted by Crippen LogP contribution is 2.28. The van der Waals surface area contributed by atoms with Crippen LogP contribution >= 0.6 is 11.6 Å². The van der Waals surface area contributed by atoms with E-state index in [1.54, 1.807) is 36.3 Å². The van der Waals surface area contributed by atoms with Crippen molar-refractivity contribution >= 4 is 23.4 Å². The van der Waals surface area contributed by atoms with Crippen LogP contribution in [0.1, 0.15) is 35.7 Å². The average molecular weight is 431 g/mol. The summed E-state index contributed by atoms with van der Waals surface area (Å²) in [6.45, 7) is 3.87. The highest BCUT2D eigenvalue weighted by molar-refractivity contribution is 6.33. The summed E-state index contributed by atoms with van der Waals surface area (Å²) >= 11 is 6.16. The molecule has 2 amide bonds. The second-order valence-electron chi connectivity index (χ2n) is 7.21. The van der Waals surface area contributed by atoms with E-state index in [-0.39, 0.29) is 17.7 Å². The van der Waals surface area contributed by atoms with Gasteiger partial charge in [-0.3, -0.25) is 9.59 Å². The van der Waals surface area contributed by atoms with Crippen LogP contribution in [0.3, 0.4) is 0 Å². The first-order chi connectivity index (χ1) is 14.5. The molecule has 0 saturated carbocycles. The third-order valence-corrected chi connectivity index (χ3v) is 5.51. The first kappa shape index (κ1) is 22.0. The zero-order valence-electron chi connectivity index (χ0n) is 17.3. The fourth-order valence-electron chi connectivity index (χ4n) is 3.61. The summed E-state index contributed by atoms with van der Waals surface area (Å²) in [5, 5.41) is 3.41. The zero-order chi connectivity index (χ0) is 21.5. The lowest BCUT2D eigenvalue weighted by atomic mass is 9.96. The number of nitrogens with zero attached hydrogens (tertiary/aromatic N) is 1. The Bertz CT molecular complexity index is 903. The Kier molecular flexibility index (Phi) is 7.57. The number of amides is 2. The van der Waals surface area contributed by atoms with Crippen molar-refractivity contribution in [3.63, 3.8) is 0 Å². The van der Waals surface area contributed by atoms with Crippen LogP contribution in [-0.4, -0.2) is 43.5 Å². The SMILES string of the molecule is CCOc1ccc(CNC(=O)[C@H]2CCCN(C(=O)c3ccccc3Cl)C2)cc1OC. The maximum atomic E-state index is 12.8. The summed E-state index contributed by atoms with van der Waals surface area (Å²) in [7, 11) is 1.59. The van der Waals surface area contributed by atoms with Crippen LogP contribution in [0.25, 0.3) is 0 Å². The Hall–Kier alpha value is -2.73. The van der Waals surface area contributed by atoms with Crippen molar-refractivity contribution < 1.29 is 19.1 Å². The third-order valence-electron chi connectivity index (χ3n) is 5.18. The lowest BCUT2D eigenvalue weighted by Gasteiger charge is -2.32. The quantitative estimate of drug-likeness (QED) is 0.723. The number of carbonyl (C=O) groups is 2. The van der Waals surface area contributed by atoms with E-state index >= 15 is 0 Å². The normalized spacial score (nSPS) is 16.1. The van der Waals surface area contributed by atoms with E-state index in [0.29, 0.717) is 48.3 Å². The predicted molar refractivity (Wildman–Crippen MR) is 116 cm³/mol. The van der Waals surface area contributed by atoms with Crippen LogP contribution in [-0.2, 0) is 11.3 Å². The Morgan fingerprint density at radius 3 is 2.73 bits per heavy atom. The number of benzene rings is 2. The van der Waals surface area contributed by atoms with Crippen molar-refractivity contribution in [1.29, 1.82) is 0 Å². The van der Waals surface area contributed by atoms with Crippen LogP contribution in [0.4, 0.5) is 0 Å². The van der Waals surface area contributed by atoms with E-state index in [0.717, 1.165) is 18.4 Å². The molecule has 1 saturated heterocycles. The molecule has 0 unspecified atom stereocenters. The van der Waals surface area contributed by atoms with Gasteiger partial charge >= 0.3 is 0 Å². The van der Waals surface area contributed by atoms with Gasteiger partial charge in [-0.1, -0.05) is 29.8 Å². The summed E-state index contributed by atoms with van der Waals surface area (Å²) in [5.41, 5.74) is 1.39. The Morgan fingerprint density at radius 1 is 1.20 bits per heavy atom. The molecule has 0 spiro atoms. The van der Waals surface area contributed by atoms with Gasteiger partial charge in [0.1, 0.15) is 0 Å². The van der Waals surface area contributed by atoms with Crippen LogP contribution in [0.2, 0.25) is 5.02 Å². The molecule has 1 aliphatic rings. The number of halogens is 1. The second-order valence-corrected chi connectivity index (χ2v) is 7.61. The van der Waals surface area contributed by atoms with Crippen molar-refractivity contribution in [1.82, 2.24) is 10.2 Å². The number of carbonyl (C=O) groups excluding carboxylic acids is 2. The number of piperidine rings is 1. The van der Waals surface area contributed by atoms with Crippen LogP contribution in [0.5, 0.6) is 11.5 Å². The predicted octanol–water partition coefficient (Wildman–Crippen LogP) is 3.92. The first-order valence-electron chi connectivity index (χ1n) is 10.1. The molecule has 7 heteroatoms. The number of hydrogen-bond acceptors (Lipinski definition) is 4. The van der Waals surface area contributed by atoms with Crippen molar-refractivity contribution in [2.45, 2.75) is 26.3 Å². The summed E-state index contributed by atoms with van der Waals surface area (Å²) in [6, 6.07) is 12.6. The molecule has 160 valence electrons. The molecule has 6 nitrogen and oxygen atoms in total. The van der Waals surface area contributed by atoms with Gasteiger partial charge in [0, 0.05) is 19.6 Å². The molecule has 1 heterocycles. The van der Waals surface area contributed by atoms with E-state index in [4.69, 9.17) is 21.1 Å². The fraction of sp³-hybridized carbons (Fsp3) is 0.391. The van der Waals surface area contributed by atoms with E-state index in [2.05, 4.69) is 5.32 Å². The minimum absolute atomic E-state index is 0.0560. The summed E-state index contributed by atoms with van der Waals surface area (Å²) in [6.07, 6.45) is 1.54. The zero-order valence-corrected chi connectivity index (χ0v) is 18.1. The lowest BCUT2D eigenvalue weighted by Crippen LogP contribution is -2.45. The monoisotopic (exact) mass is 430 g/mol. The number of rotatable bonds is 7. The van der Waals surface area contributed by atoms with E-state index in [1.165, 1.54) is 0 Å². The number of hydrogen-bond donors (Lipinski definition) is 1. The Labute approximate surface area is 182 Å². The molecule has 2 aromatic rings. The van der Waals surface area contributed by atoms with Gasteiger partial charge in [0.25, 0.3) is 5.91 Å². The maximum Gasteiger partial charge on any atom is 0.255 e. The standard InChI is InChI=1S/C23H27ClN2O4/c1-3-30-20-11-10-16(13-21(20)29-2)14-25-22(27)17-7-6-12-26(15-17)23(28)18-8-4-5-9-19(18)24/h4-5,8-11,13,17H,3,6-7,12,14-15H2,1-2H3,(H,25,27)/t17-/m0/s1. The van der Waals surface area contributed by atoms with Gasteiger partial charge in [0.05, 0.1) is 30.2 Å². The Morgan fingerprint density at radius 2 is 2.00 bits per heavy atom. The largest absolute Gasteiger partial charge is 0.493 e. The Balaban J connectivity index is 1.59. The molecule has 1 N–H and O–H groups in total. The summed E-state index contributed by atoms with van der Waals surface area (Å²) in [4.78, 5) is 27.3. The lowest BCUT2D eigenvalue weighted by molar-refractivity contribution is -0.126. The average Bonchev–Trinajstić information content (AvgIpc) is 2.78. The van der Waals surface area contributed by atoms with E-state index < -0.39 is 0 Å². The molecule has 1 fully saturated rings. The van der Waals surface area contributed by atoms with Gasteiger partial charge in [-0.25, -0.2) is 0 Å². The minimum atomic E-state index is -0.241. The molecule has 30 heavy (non-hydrogen) atoms. The smallest absolute Gasteiger partial charge is 0.255 e. The van der Waals surface area contributed by atoms with Crippen LogP contribution in [0, 0.1) is 5.92 Å². The van der Waals surface area contributed by atoms with Gasteiger partial charge in [-0.15, -0.1) is 0 Å². The molecule has 0 aliphatic carbocycles. The van der Waals surface area contributed by atoms with Gasteiger partial charge in [-0.05, 0) is 49.6 Å². The highest BCUT2D eigenvalue weighted by Gasteiger charge is 2.29. The highest BCUT2D eigenvalue weighted by atomic mass is 35.5. The number of likely N-dealkylation sites (tertiary alicyclic amines) is 1. The third kappa shape index (κ3) is 5.25. The van der Waals surface area contributed by atoms with Crippen molar-refractivity contribution in [2.24, 2.45) is 5.92 Å². The summed E-state index contributed by atoms with van der Waals surface area (Å²) in [5.74, 6) is 0.887. The van der Waals surface area contributed by atoms with Gasteiger partial charge < -0.3 is 19.7 Å². The van der Waals surface area contributed by atoms with Gasteiger partial charge in [-0.2, -0.15) is 0 Å². The molecule has 3 rings (SSSR count). The second kappa shape index (κ2) is 10.3. The molecule has 0 bridgehead atoms. The first-order valence-corrected chi connectivity index (χ1v) is 10.5. The number of methoxy groups -OCH3 is 1. The van der Waals surface area contributed by atoms with Gasteiger partial charge in [0.15, 0.2) is 11.5 Å². The fourth-order valence-corrected chi connectivity index (χ4v) is 3.83. The molecule has 1 aliphatic heterocycles. The molecule has 1 atom stereocenters. The summed E-state index contributed by atoms with van der Waals surface area (Å²) < 4.78 is 10.9. The van der Waals surface area contributed by atoms with E-state index in [9.17, 15) is 9.59 Å². The molecular weight excluding hydrogens is 404 g/mol. The van der Waals surface area contributed by atoms with Crippen LogP contribution < -0.4 is 14.8 Å². The minimum Gasteiger partial charge on any atom is -0.493 e. The van der Waals surface area contributed by atoms with Crippen molar-refractivity contribution in [3.8, 4) is 11.5 Å². The molecular formula is C23H27ClN2O4. The topological polar surface area (TPSA) is 67.9 Å². The molecule has 0 aromatic heterocycles. The van der Waals surface area contributed by atoms with Gasteiger partial charge in [0.2, 0.25) is 5.91 Å². The molecule has 2 aromatic carbocycles. The molecule has 0 radical (unpaired) electrons. The van der Waals surface area contributed by atoms with Crippen molar-refractivity contribution in [2.75, 3.05) is 26.8 Å².